The number of nitrogens with zero attached hydrogens (tertiary/aromatic N) is 1. The largest absolute Gasteiger partial charge is 0.388 e. The van der Waals surface area contributed by atoms with E-state index in [0.717, 1.165) is 18.4 Å². The molecular weight excluding hydrogens is 246 g/mol. The zero-order valence-electron chi connectivity index (χ0n) is 12.8. The summed E-state index contributed by atoms with van der Waals surface area (Å²) in [6, 6.07) is 10.6. The van der Waals surface area contributed by atoms with Crippen molar-refractivity contribution in [1.29, 1.82) is 0 Å². The van der Waals surface area contributed by atoms with E-state index in [1.54, 1.807) is 0 Å². The molecule has 2 aromatic rings. The number of benzene rings is 1. The molecule has 1 heterocycles. The van der Waals surface area contributed by atoms with Gasteiger partial charge in [-0.15, -0.1) is 0 Å². The minimum absolute atomic E-state index is 0.150. The first-order valence-corrected chi connectivity index (χ1v) is 7.34. The van der Waals surface area contributed by atoms with Crippen LogP contribution in [-0.2, 0) is 6.42 Å². The summed E-state index contributed by atoms with van der Waals surface area (Å²) in [6.45, 7) is 8.75. The lowest BCUT2D eigenvalue weighted by atomic mass is 9.75. The van der Waals surface area contributed by atoms with E-state index < -0.39 is 0 Å². The van der Waals surface area contributed by atoms with Crippen LogP contribution in [0.5, 0.6) is 0 Å². The van der Waals surface area contributed by atoms with E-state index in [1.807, 2.05) is 0 Å². The minimum Gasteiger partial charge on any atom is -0.388 e. The van der Waals surface area contributed by atoms with Crippen LogP contribution in [0.15, 0.2) is 30.3 Å². The van der Waals surface area contributed by atoms with E-state index in [1.165, 1.54) is 22.6 Å². The zero-order chi connectivity index (χ0) is 14.5. The summed E-state index contributed by atoms with van der Waals surface area (Å²) in [6.07, 6.45) is 1.52. The summed E-state index contributed by atoms with van der Waals surface area (Å²) in [4.78, 5) is 0. The van der Waals surface area contributed by atoms with E-state index in [2.05, 4.69) is 62.6 Å². The van der Waals surface area contributed by atoms with Crippen LogP contribution in [0, 0.1) is 19.3 Å². The highest BCUT2D eigenvalue weighted by Gasteiger charge is 2.34. The number of aromatic nitrogens is 1. The SMILES string of the molecule is Cc1ccccc1-n1c(C)cc2c1CC(C)(C)CC2O. The average molecular weight is 269 g/mol. The number of aryl methyl sites for hydroxylation is 2. The molecule has 1 unspecified atom stereocenters. The third kappa shape index (κ3) is 2.08. The number of aliphatic hydroxyl groups excluding tert-OH is 1. The third-order valence-corrected chi connectivity index (χ3v) is 4.43. The molecule has 0 bridgehead atoms. The number of hydrogen-bond acceptors (Lipinski definition) is 1. The highest BCUT2D eigenvalue weighted by molar-refractivity contribution is 5.47. The Morgan fingerprint density at radius 3 is 2.60 bits per heavy atom. The molecule has 3 rings (SSSR count). The lowest BCUT2D eigenvalue weighted by Gasteiger charge is -2.34. The molecule has 0 spiro atoms. The number of aliphatic hydroxyl groups is 1. The maximum absolute atomic E-state index is 10.4. The van der Waals surface area contributed by atoms with Crippen molar-refractivity contribution in [2.45, 2.75) is 46.6 Å². The molecule has 106 valence electrons. The molecule has 1 aliphatic carbocycles. The molecule has 1 aliphatic rings. The summed E-state index contributed by atoms with van der Waals surface area (Å²) in [5.74, 6) is 0. The van der Waals surface area contributed by atoms with Crippen LogP contribution in [0.3, 0.4) is 0 Å². The Balaban J connectivity index is 2.22. The Kier molecular flexibility index (Phi) is 3.02. The Labute approximate surface area is 121 Å². The Bertz CT molecular complexity index is 651. The fraction of sp³-hybridized carbons (Fsp3) is 0.444. The molecule has 20 heavy (non-hydrogen) atoms. The Morgan fingerprint density at radius 2 is 1.90 bits per heavy atom. The normalized spacial score (nSPS) is 20.8. The summed E-state index contributed by atoms with van der Waals surface area (Å²) in [5, 5.41) is 10.4. The topological polar surface area (TPSA) is 25.2 Å². The monoisotopic (exact) mass is 269 g/mol. The van der Waals surface area contributed by atoms with E-state index in [4.69, 9.17) is 0 Å². The van der Waals surface area contributed by atoms with Crippen LogP contribution in [0.1, 0.15) is 48.9 Å². The molecule has 1 atom stereocenters. The standard InChI is InChI=1S/C18H23NO/c1-12-7-5-6-8-15(12)19-13(2)9-14-16(19)10-18(3,4)11-17(14)20/h5-9,17,20H,10-11H2,1-4H3. The zero-order valence-corrected chi connectivity index (χ0v) is 12.8. The molecule has 0 radical (unpaired) electrons. The Hall–Kier alpha value is -1.54. The molecule has 0 amide bonds. The first-order chi connectivity index (χ1) is 9.39. The van der Waals surface area contributed by atoms with Crippen molar-refractivity contribution >= 4 is 0 Å². The van der Waals surface area contributed by atoms with Gasteiger partial charge in [0, 0.05) is 22.6 Å². The van der Waals surface area contributed by atoms with E-state index >= 15 is 0 Å². The van der Waals surface area contributed by atoms with Crippen molar-refractivity contribution in [2.75, 3.05) is 0 Å². The van der Waals surface area contributed by atoms with E-state index in [-0.39, 0.29) is 11.5 Å². The molecule has 1 N–H and O–H groups in total. The number of para-hydroxylation sites is 1. The van der Waals surface area contributed by atoms with Gasteiger partial charge in [-0.25, -0.2) is 0 Å². The molecule has 0 saturated carbocycles. The van der Waals surface area contributed by atoms with Crippen LogP contribution in [0.2, 0.25) is 0 Å². The number of hydrogen-bond donors (Lipinski definition) is 1. The first-order valence-electron chi connectivity index (χ1n) is 7.34. The van der Waals surface area contributed by atoms with Gasteiger partial charge in [0.05, 0.1) is 6.10 Å². The molecular formula is C18H23NO. The maximum atomic E-state index is 10.4. The van der Waals surface area contributed by atoms with Gasteiger partial charge in [0.2, 0.25) is 0 Å². The van der Waals surface area contributed by atoms with Gasteiger partial charge in [-0.1, -0.05) is 32.0 Å². The second-order valence-electron chi connectivity index (χ2n) is 6.87. The van der Waals surface area contributed by atoms with Crippen molar-refractivity contribution in [3.63, 3.8) is 0 Å². The van der Waals surface area contributed by atoms with Crippen molar-refractivity contribution in [3.05, 3.63) is 52.8 Å². The van der Waals surface area contributed by atoms with Gasteiger partial charge in [-0.05, 0) is 49.8 Å². The minimum atomic E-state index is -0.335. The van der Waals surface area contributed by atoms with Crippen molar-refractivity contribution in [2.24, 2.45) is 5.41 Å². The van der Waals surface area contributed by atoms with Gasteiger partial charge in [-0.2, -0.15) is 0 Å². The smallest absolute Gasteiger partial charge is 0.0812 e. The van der Waals surface area contributed by atoms with Gasteiger partial charge in [-0.3, -0.25) is 0 Å². The summed E-state index contributed by atoms with van der Waals surface area (Å²) >= 11 is 0. The van der Waals surface area contributed by atoms with Gasteiger partial charge < -0.3 is 9.67 Å². The molecule has 2 heteroatoms. The summed E-state index contributed by atoms with van der Waals surface area (Å²) in [5.41, 5.74) is 6.26. The number of rotatable bonds is 1. The second-order valence-corrected chi connectivity index (χ2v) is 6.87. The van der Waals surface area contributed by atoms with Gasteiger partial charge >= 0.3 is 0 Å². The van der Waals surface area contributed by atoms with E-state index in [0.29, 0.717) is 0 Å². The highest BCUT2D eigenvalue weighted by atomic mass is 16.3. The fourth-order valence-electron chi connectivity index (χ4n) is 3.49. The predicted molar refractivity (Wildman–Crippen MR) is 82.3 cm³/mol. The second kappa shape index (κ2) is 4.49. The number of fused-ring (bicyclic) bond motifs is 1. The van der Waals surface area contributed by atoms with Gasteiger partial charge in [0.15, 0.2) is 0 Å². The van der Waals surface area contributed by atoms with Crippen molar-refractivity contribution < 1.29 is 5.11 Å². The maximum Gasteiger partial charge on any atom is 0.0812 e. The lowest BCUT2D eigenvalue weighted by Crippen LogP contribution is -2.26. The van der Waals surface area contributed by atoms with Crippen LogP contribution in [-0.4, -0.2) is 9.67 Å². The lowest BCUT2D eigenvalue weighted by molar-refractivity contribution is 0.0987. The van der Waals surface area contributed by atoms with E-state index in [9.17, 15) is 5.11 Å². The van der Waals surface area contributed by atoms with Crippen LogP contribution < -0.4 is 0 Å². The Morgan fingerprint density at radius 1 is 1.20 bits per heavy atom. The third-order valence-electron chi connectivity index (χ3n) is 4.43. The molecule has 2 nitrogen and oxygen atoms in total. The van der Waals surface area contributed by atoms with Crippen LogP contribution in [0.4, 0.5) is 0 Å². The van der Waals surface area contributed by atoms with Gasteiger partial charge in [0.1, 0.15) is 0 Å². The fourth-order valence-corrected chi connectivity index (χ4v) is 3.49. The van der Waals surface area contributed by atoms with Crippen molar-refractivity contribution in [1.82, 2.24) is 4.57 Å². The summed E-state index contributed by atoms with van der Waals surface area (Å²) in [7, 11) is 0. The van der Waals surface area contributed by atoms with Crippen LogP contribution >= 0.6 is 0 Å². The van der Waals surface area contributed by atoms with Gasteiger partial charge in [0.25, 0.3) is 0 Å². The molecule has 1 aromatic heterocycles. The van der Waals surface area contributed by atoms with Crippen LogP contribution in [0.25, 0.3) is 5.69 Å². The highest BCUT2D eigenvalue weighted by Crippen LogP contribution is 2.43. The summed E-state index contributed by atoms with van der Waals surface area (Å²) < 4.78 is 2.33. The average Bonchev–Trinajstić information content (AvgIpc) is 2.66. The quantitative estimate of drug-likeness (QED) is 0.828. The molecule has 0 saturated heterocycles. The predicted octanol–water partition coefficient (Wildman–Crippen LogP) is 4.10. The first kappa shape index (κ1) is 13.4. The molecule has 1 aromatic carbocycles. The molecule has 0 aliphatic heterocycles. The van der Waals surface area contributed by atoms with Crippen molar-refractivity contribution in [3.8, 4) is 5.69 Å². The molecule has 0 fully saturated rings.